The minimum atomic E-state index is -0.163. The topological polar surface area (TPSA) is 67.2 Å². The molecule has 2 aliphatic rings. The third kappa shape index (κ3) is 4.31. The SMILES string of the molecule is O=C(Nc1cc(C2CCCC2)nn1-c1ccccc1)c1ccc(CN2CCCC2=O)cc1. The zero-order chi connectivity index (χ0) is 21.9. The highest BCUT2D eigenvalue weighted by atomic mass is 16.2. The number of hydrogen-bond donors (Lipinski definition) is 1. The minimum absolute atomic E-state index is 0.163. The Balaban J connectivity index is 1.34. The van der Waals surface area contributed by atoms with Crippen LogP contribution in [0.5, 0.6) is 0 Å². The number of likely N-dealkylation sites (tertiary alicyclic amines) is 1. The first-order chi connectivity index (χ1) is 15.7. The van der Waals surface area contributed by atoms with Crippen molar-refractivity contribution in [3.63, 3.8) is 0 Å². The third-order valence-corrected chi connectivity index (χ3v) is 6.51. The van der Waals surface area contributed by atoms with Crippen LogP contribution in [0.1, 0.15) is 66.1 Å². The van der Waals surface area contributed by atoms with Gasteiger partial charge in [0.25, 0.3) is 5.91 Å². The standard InChI is InChI=1S/C26H28N4O2/c31-25-11-6-16-29(25)18-19-12-14-21(15-13-19)26(32)27-24-17-23(20-7-4-5-8-20)28-30(24)22-9-2-1-3-10-22/h1-3,9-10,12-15,17,20H,4-8,11,16,18H2,(H,27,32). The fourth-order valence-corrected chi connectivity index (χ4v) is 4.72. The Morgan fingerprint density at radius 1 is 1.00 bits per heavy atom. The van der Waals surface area contributed by atoms with Gasteiger partial charge in [-0.1, -0.05) is 43.2 Å². The van der Waals surface area contributed by atoms with Crippen LogP contribution >= 0.6 is 0 Å². The molecule has 1 aliphatic carbocycles. The molecule has 0 spiro atoms. The first-order valence-electron chi connectivity index (χ1n) is 11.5. The molecule has 1 saturated carbocycles. The van der Waals surface area contributed by atoms with Gasteiger partial charge in [0.15, 0.2) is 0 Å². The molecule has 6 heteroatoms. The van der Waals surface area contributed by atoms with E-state index < -0.39 is 0 Å². The second kappa shape index (κ2) is 8.99. The maximum atomic E-state index is 13.0. The highest BCUT2D eigenvalue weighted by molar-refractivity contribution is 6.04. The molecule has 0 unspecified atom stereocenters. The van der Waals surface area contributed by atoms with Gasteiger partial charge in [-0.2, -0.15) is 5.10 Å². The maximum Gasteiger partial charge on any atom is 0.256 e. The van der Waals surface area contributed by atoms with Crippen molar-refractivity contribution in [2.45, 2.75) is 51.0 Å². The molecule has 0 atom stereocenters. The fraction of sp³-hybridized carbons (Fsp3) is 0.346. The molecule has 164 valence electrons. The van der Waals surface area contributed by atoms with E-state index in [1.807, 2.05) is 70.2 Å². The van der Waals surface area contributed by atoms with Gasteiger partial charge in [-0.15, -0.1) is 0 Å². The minimum Gasteiger partial charge on any atom is -0.338 e. The number of nitrogens with one attached hydrogen (secondary N) is 1. The van der Waals surface area contributed by atoms with Crippen molar-refractivity contribution < 1.29 is 9.59 Å². The van der Waals surface area contributed by atoms with E-state index >= 15 is 0 Å². The molecule has 5 rings (SSSR count). The van der Waals surface area contributed by atoms with Gasteiger partial charge in [0, 0.05) is 37.1 Å². The quantitative estimate of drug-likeness (QED) is 0.607. The number of carbonyl (C=O) groups is 2. The maximum absolute atomic E-state index is 13.0. The van der Waals surface area contributed by atoms with Crippen molar-refractivity contribution in [1.29, 1.82) is 0 Å². The third-order valence-electron chi connectivity index (χ3n) is 6.51. The molecule has 6 nitrogen and oxygen atoms in total. The molecule has 1 aromatic heterocycles. The van der Waals surface area contributed by atoms with E-state index in [9.17, 15) is 9.59 Å². The zero-order valence-electron chi connectivity index (χ0n) is 18.2. The van der Waals surface area contributed by atoms with Crippen LogP contribution in [-0.2, 0) is 11.3 Å². The highest BCUT2D eigenvalue weighted by Gasteiger charge is 2.23. The van der Waals surface area contributed by atoms with E-state index in [4.69, 9.17) is 5.10 Å². The molecule has 2 heterocycles. The average Bonchev–Trinajstić information content (AvgIpc) is 3.57. The van der Waals surface area contributed by atoms with E-state index in [0.29, 0.717) is 30.3 Å². The fourth-order valence-electron chi connectivity index (χ4n) is 4.72. The van der Waals surface area contributed by atoms with Crippen LogP contribution < -0.4 is 5.32 Å². The van der Waals surface area contributed by atoms with Crippen molar-refractivity contribution in [2.24, 2.45) is 0 Å². The highest BCUT2D eigenvalue weighted by Crippen LogP contribution is 2.35. The molecule has 2 amide bonds. The number of anilines is 1. The second-order valence-electron chi connectivity index (χ2n) is 8.75. The predicted octanol–water partition coefficient (Wildman–Crippen LogP) is 4.90. The predicted molar refractivity (Wildman–Crippen MR) is 124 cm³/mol. The van der Waals surface area contributed by atoms with Crippen LogP contribution in [0.4, 0.5) is 5.82 Å². The van der Waals surface area contributed by atoms with Gasteiger partial charge in [0.05, 0.1) is 11.4 Å². The Bertz CT molecular complexity index is 1100. The molecular weight excluding hydrogens is 400 g/mol. The number of para-hydroxylation sites is 1. The van der Waals surface area contributed by atoms with Gasteiger partial charge in [-0.25, -0.2) is 4.68 Å². The molecular formula is C26H28N4O2. The summed E-state index contributed by atoms with van der Waals surface area (Å²) >= 11 is 0. The van der Waals surface area contributed by atoms with Crippen molar-refractivity contribution in [3.8, 4) is 5.69 Å². The van der Waals surface area contributed by atoms with E-state index in [-0.39, 0.29) is 11.8 Å². The van der Waals surface area contributed by atoms with Crippen LogP contribution in [0.25, 0.3) is 5.69 Å². The van der Waals surface area contributed by atoms with Gasteiger partial charge in [0.2, 0.25) is 5.91 Å². The van der Waals surface area contributed by atoms with Crippen LogP contribution in [0, 0.1) is 0 Å². The van der Waals surface area contributed by atoms with Crippen molar-refractivity contribution in [1.82, 2.24) is 14.7 Å². The molecule has 32 heavy (non-hydrogen) atoms. The van der Waals surface area contributed by atoms with Crippen LogP contribution in [0.3, 0.4) is 0 Å². The second-order valence-corrected chi connectivity index (χ2v) is 8.75. The van der Waals surface area contributed by atoms with Crippen LogP contribution in [0.2, 0.25) is 0 Å². The number of amides is 2. The van der Waals surface area contributed by atoms with Crippen LogP contribution in [0.15, 0.2) is 60.7 Å². The van der Waals surface area contributed by atoms with E-state index in [2.05, 4.69) is 5.32 Å². The van der Waals surface area contributed by atoms with E-state index in [0.717, 1.165) is 42.8 Å². The Hall–Kier alpha value is -3.41. The summed E-state index contributed by atoms with van der Waals surface area (Å²) in [7, 11) is 0. The van der Waals surface area contributed by atoms with Gasteiger partial charge >= 0.3 is 0 Å². The average molecular weight is 429 g/mol. The molecule has 0 radical (unpaired) electrons. The summed E-state index contributed by atoms with van der Waals surface area (Å²) in [6.45, 7) is 1.42. The lowest BCUT2D eigenvalue weighted by atomic mass is 10.0. The van der Waals surface area contributed by atoms with Gasteiger partial charge < -0.3 is 10.2 Å². The summed E-state index contributed by atoms with van der Waals surface area (Å²) in [5.41, 5.74) is 3.60. The summed E-state index contributed by atoms with van der Waals surface area (Å²) in [4.78, 5) is 26.7. The number of aromatic nitrogens is 2. The van der Waals surface area contributed by atoms with E-state index in [1.54, 1.807) is 0 Å². The van der Waals surface area contributed by atoms with Crippen LogP contribution in [-0.4, -0.2) is 33.0 Å². The normalized spacial score (nSPS) is 16.6. The van der Waals surface area contributed by atoms with Gasteiger partial charge in [-0.05, 0) is 49.1 Å². The molecule has 1 saturated heterocycles. The smallest absolute Gasteiger partial charge is 0.256 e. The first kappa shape index (κ1) is 20.5. The molecule has 1 N–H and O–H groups in total. The number of rotatable bonds is 6. The first-order valence-corrected chi connectivity index (χ1v) is 11.5. The van der Waals surface area contributed by atoms with Gasteiger partial charge in [0.1, 0.15) is 5.82 Å². The Kier molecular flexibility index (Phi) is 5.75. The number of nitrogens with zero attached hydrogens (tertiary/aromatic N) is 3. The van der Waals surface area contributed by atoms with Crippen molar-refractivity contribution in [3.05, 3.63) is 77.5 Å². The summed E-state index contributed by atoms with van der Waals surface area (Å²) in [6, 6.07) is 19.4. The number of carbonyl (C=O) groups excluding carboxylic acids is 2. The Morgan fingerprint density at radius 2 is 1.75 bits per heavy atom. The van der Waals surface area contributed by atoms with E-state index in [1.165, 1.54) is 12.8 Å². The molecule has 2 fully saturated rings. The lowest BCUT2D eigenvalue weighted by Crippen LogP contribution is -2.23. The molecule has 2 aromatic carbocycles. The monoisotopic (exact) mass is 428 g/mol. The van der Waals surface area contributed by atoms with Crippen molar-refractivity contribution in [2.75, 3.05) is 11.9 Å². The Morgan fingerprint density at radius 3 is 2.44 bits per heavy atom. The molecule has 1 aliphatic heterocycles. The number of hydrogen-bond acceptors (Lipinski definition) is 3. The summed E-state index contributed by atoms with van der Waals surface area (Å²) < 4.78 is 1.83. The summed E-state index contributed by atoms with van der Waals surface area (Å²) in [5, 5.41) is 7.92. The summed E-state index contributed by atoms with van der Waals surface area (Å²) in [6.07, 6.45) is 6.34. The lowest BCUT2D eigenvalue weighted by molar-refractivity contribution is -0.128. The largest absolute Gasteiger partial charge is 0.338 e. The molecule has 3 aromatic rings. The summed E-state index contributed by atoms with van der Waals surface area (Å²) in [5.74, 6) is 1.20. The molecule has 0 bridgehead atoms. The zero-order valence-corrected chi connectivity index (χ0v) is 18.2. The van der Waals surface area contributed by atoms with Gasteiger partial charge in [-0.3, -0.25) is 9.59 Å². The Labute approximate surface area is 188 Å². The lowest BCUT2D eigenvalue weighted by Gasteiger charge is -2.15. The number of benzene rings is 2. The van der Waals surface area contributed by atoms with Crippen molar-refractivity contribution >= 4 is 17.6 Å².